The van der Waals surface area contributed by atoms with Gasteiger partial charge in [-0.05, 0) is 6.07 Å². The van der Waals surface area contributed by atoms with Crippen molar-refractivity contribution >= 4 is 23.3 Å². The van der Waals surface area contributed by atoms with Gasteiger partial charge in [-0.1, -0.05) is 12.2 Å². The van der Waals surface area contributed by atoms with Crippen molar-refractivity contribution in [3.05, 3.63) is 28.5 Å². The van der Waals surface area contributed by atoms with Crippen LogP contribution >= 0.6 is 12.2 Å². The van der Waals surface area contributed by atoms with Crippen LogP contribution in [0.5, 0.6) is 0 Å². The molecule has 6 heteroatoms. The van der Waals surface area contributed by atoms with Gasteiger partial charge in [-0.2, -0.15) is 13.2 Å². The number of pyridine rings is 1. The van der Waals surface area contributed by atoms with E-state index in [4.69, 9.17) is 12.2 Å². The lowest BCUT2D eigenvalue weighted by molar-refractivity contribution is -0.138. The predicted octanol–water partition coefficient (Wildman–Crippen LogP) is 3.24. The summed E-state index contributed by atoms with van der Waals surface area (Å²) in [6, 6.07) is 1.52. The summed E-state index contributed by atoms with van der Waals surface area (Å²) in [5.74, 6) is 0. The topological polar surface area (TPSA) is 31.6 Å². The summed E-state index contributed by atoms with van der Waals surface area (Å²) in [6.45, 7) is 0. The van der Waals surface area contributed by atoms with Gasteiger partial charge >= 0.3 is 6.18 Å². The van der Waals surface area contributed by atoms with Crippen molar-refractivity contribution in [1.29, 1.82) is 0 Å². The lowest BCUT2D eigenvalue weighted by Crippen LogP contribution is -2.06. The maximum Gasteiger partial charge on any atom is 0.419 e. The van der Waals surface area contributed by atoms with Gasteiger partial charge in [-0.3, -0.25) is 0 Å². The number of rotatable bonds is 0. The second-order valence-corrected chi connectivity index (χ2v) is 3.20. The van der Waals surface area contributed by atoms with Crippen LogP contribution in [0.2, 0.25) is 0 Å². The molecule has 0 aromatic carbocycles. The SMILES string of the molecule is FC(F)(F)c1c[nH]c2[nH]ccc2c1=S. The van der Waals surface area contributed by atoms with Crippen molar-refractivity contribution in [3.63, 3.8) is 0 Å². The van der Waals surface area contributed by atoms with Gasteiger partial charge in [0.2, 0.25) is 0 Å². The Hall–Kier alpha value is -1.30. The molecule has 0 spiro atoms. The van der Waals surface area contributed by atoms with Gasteiger partial charge in [0, 0.05) is 17.8 Å². The molecule has 0 fully saturated rings. The number of nitrogens with one attached hydrogen (secondary N) is 2. The van der Waals surface area contributed by atoms with Gasteiger partial charge in [0.05, 0.1) is 10.1 Å². The molecular formula is C8H5F3N2S. The summed E-state index contributed by atoms with van der Waals surface area (Å²) in [7, 11) is 0. The third-order valence-corrected chi connectivity index (χ3v) is 2.34. The summed E-state index contributed by atoms with van der Waals surface area (Å²) in [6.07, 6.45) is -1.99. The van der Waals surface area contributed by atoms with E-state index in [1.165, 1.54) is 12.3 Å². The first kappa shape index (κ1) is 9.26. The quantitative estimate of drug-likeness (QED) is 0.653. The van der Waals surface area contributed by atoms with Crippen LogP contribution in [0.4, 0.5) is 13.2 Å². The summed E-state index contributed by atoms with van der Waals surface area (Å²) in [4.78, 5) is 5.25. The number of H-pyrrole nitrogens is 2. The maximum atomic E-state index is 12.4. The van der Waals surface area contributed by atoms with Crippen molar-refractivity contribution in [1.82, 2.24) is 9.97 Å². The molecule has 0 bridgehead atoms. The monoisotopic (exact) mass is 218 g/mol. The number of halogens is 3. The van der Waals surface area contributed by atoms with Crippen LogP contribution in [0.1, 0.15) is 5.56 Å². The van der Waals surface area contributed by atoms with Crippen molar-refractivity contribution in [2.45, 2.75) is 6.18 Å². The van der Waals surface area contributed by atoms with Crippen LogP contribution in [-0.4, -0.2) is 9.97 Å². The second-order valence-electron chi connectivity index (χ2n) is 2.80. The average molecular weight is 218 g/mol. The first-order chi connectivity index (χ1) is 6.50. The van der Waals surface area contributed by atoms with Gasteiger partial charge in [0.1, 0.15) is 5.65 Å². The van der Waals surface area contributed by atoms with Crippen LogP contribution in [0.25, 0.3) is 11.0 Å². The third-order valence-electron chi connectivity index (χ3n) is 1.90. The van der Waals surface area contributed by atoms with Crippen molar-refractivity contribution < 1.29 is 13.2 Å². The molecule has 74 valence electrons. The zero-order valence-electron chi connectivity index (χ0n) is 6.77. The molecule has 2 heterocycles. The molecular weight excluding hydrogens is 213 g/mol. The third kappa shape index (κ3) is 1.31. The zero-order valence-corrected chi connectivity index (χ0v) is 7.59. The standard InChI is InChI=1S/C8H5F3N2S/c9-8(10,11)5-3-13-7-4(6(5)14)1-2-12-7/h1-3H,(H2,12,13,14). The molecule has 2 aromatic heterocycles. The van der Waals surface area contributed by atoms with Crippen molar-refractivity contribution in [2.24, 2.45) is 0 Å². The molecule has 0 aliphatic heterocycles. The van der Waals surface area contributed by atoms with Crippen LogP contribution in [0.3, 0.4) is 0 Å². The van der Waals surface area contributed by atoms with Crippen molar-refractivity contribution in [3.8, 4) is 0 Å². The molecule has 2 nitrogen and oxygen atoms in total. The molecule has 0 aliphatic carbocycles. The fourth-order valence-corrected chi connectivity index (χ4v) is 1.59. The van der Waals surface area contributed by atoms with E-state index < -0.39 is 11.7 Å². The predicted molar refractivity (Wildman–Crippen MR) is 48.5 cm³/mol. The van der Waals surface area contributed by atoms with E-state index in [1.807, 2.05) is 0 Å². The lowest BCUT2D eigenvalue weighted by atomic mass is 10.2. The van der Waals surface area contributed by atoms with Crippen LogP contribution in [-0.2, 0) is 6.18 Å². The first-order valence-corrected chi connectivity index (χ1v) is 4.17. The second kappa shape index (κ2) is 2.84. The summed E-state index contributed by atoms with van der Waals surface area (Å²) < 4.78 is 37.0. The first-order valence-electron chi connectivity index (χ1n) is 3.76. The molecule has 0 aliphatic rings. The Morgan fingerprint density at radius 1 is 1.21 bits per heavy atom. The van der Waals surface area contributed by atoms with E-state index in [-0.39, 0.29) is 4.51 Å². The molecule has 0 saturated carbocycles. The van der Waals surface area contributed by atoms with Gasteiger partial charge < -0.3 is 9.97 Å². The highest BCUT2D eigenvalue weighted by atomic mass is 32.1. The average Bonchev–Trinajstić information content (AvgIpc) is 2.50. The summed E-state index contributed by atoms with van der Waals surface area (Å²) in [5, 5.41) is 0.384. The largest absolute Gasteiger partial charge is 0.419 e. The number of aromatic nitrogens is 2. The minimum Gasteiger partial charge on any atom is -0.348 e. The summed E-state index contributed by atoms with van der Waals surface area (Å²) >= 11 is 4.74. The molecule has 2 N–H and O–H groups in total. The van der Waals surface area contributed by atoms with Gasteiger partial charge in [0.15, 0.2) is 0 Å². The van der Waals surface area contributed by atoms with Crippen molar-refractivity contribution in [2.75, 3.05) is 0 Å². The molecule has 0 saturated heterocycles. The molecule has 0 unspecified atom stereocenters. The fourth-order valence-electron chi connectivity index (χ4n) is 1.24. The molecule has 0 amide bonds. The Morgan fingerprint density at radius 2 is 1.93 bits per heavy atom. The van der Waals surface area contributed by atoms with E-state index >= 15 is 0 Å². The maximum absolute atomic E-state index is 12.4. The van der Waals surface area contributed by atoms with Crippen LogP contribution in [0, 0.1) is 4.51 Å². The van der Waals surface area contributed by atoms with Crippen LogP contribution in [0.15, 0.2) is 18.5 Å². The minimum atomic E-state index is -4.40. The summed E-state index contributed by atoms with van der Waals surface area (Å²) in [5.41, 5.74) is -0.303. The Morgan fingerprint density at radius 3 is 2.57 bits per heavy atom. The highest BCUT2D eigenvalue weighted by Gasteiger charge is 2.32. The Kier molecular flexibility index (Phi) is 1.88. The lowest BCUT2D eigenvalue weighted by Gasteiger charge is -2.06. The number of fused-ring (bicyclic) bond motifs is 1. The number of hydrogen-bond donors (Lipinski definition) is 2. The fraction of sp³-hybridized carbons (Fsp3) is 0.125. The van der Waals surface area contributed by atoms with Gasteiger partial charge in [-0.15, -0.1) is 0 Å². The zero-order chi connectivity index (χ0) is 10.3. The van der Waals surface area contributed by atoms with E-state index in [2.05, 4.69) is 9.97 Å². The highest BCUT2D eigenvalue weighted by Crippen LogP contribution is 2.31. The van der Waals surface area contributed by atoms with Gasteiger partial charge in [-0.25, -0.2) is 0 Å². The molecule has 0 atom stereocenters. The van der Waals surface area contributed by atoms with E-state index in [1.54, 1.807) is 0 Å². The number of hydrogen-bond acceptors (Lipinski definition) is 1. The molecule has 0 radical (unpaired) electrons. The van der Waals surface area contributed by atoms with E-state index in [0.717, 1.165) is 6.20 Å². The Labute approximate surface area is 81.8 Å². The smallest absolute Gasteiger partial charge is 0.348 e. The Balaban J connectivity index is 2.81. The number of aromatic amines is 2. The van der Waals surface area contributed by atoms with E-state index in [9.17, 15) is 13.2 Å². The molecule has 2 rings (SSSR count). The molecule has 14 heavy (non-hydrogen) atoms. The van der Waals surface area contributed by atoms with Gasteiger partial charge in [0.25, 0.3) is 0 Å². The molecule has 2 aromatic rings. The highest BCUT2D eigenvalue weighted by molar-refractivity contribution is 7.71. The Bertz CT molecular complexity index is 523. The van der Waals surface area contributed by atoms with E-state index in [0.29, 0.717) is 11.0 Å². The normalized spacial score (nSPS) is 12.2. The minimum absolute atomic E-state index is 0.174. The number of alkyl halides is 3. The van der Waals surface area contributed by atoms with Crippen LogP contribution < -0.4 is 0 Å².